The lowest BCUT2D eigenvalue weighted by Crippen LogP contribution is -2.24. The molecule has 2 aromatic carbocycles. The van der Waals surface area contributed by atoms with Crippen molar-refractivity contribution in [3.8, 4) is 23.0 Å². The van der Waals surface area contributed by atoms with Crippen molar-refractivity contribution in [3.05, 3.63) is 47.5 Å². The number of carbonyl (C=O) groups excluding carboxylic acids is 1. The molecule has 3 rings (SSSR count). The van der Waals surface area contributed by atoms with Gasteiger partial charge in [-0.15, -0.1) is 0 Å². The molecule has 25 heavy (non-hydrogen) atoms. The normalized spacial score (nSPS) is 11.9. The van der Waals surface area contributed by atoms with Crippen LogP contribution in [0.2, 0.25) is 0 Å². The highest BCUT2D eigenvalue weighted by molar-refractivity contribution is 7.80. The van der Waals surface area contributed by atoms with Crippen LogP contribution in [0.5, 0.6) is 23.0 Å². The smallest absolute Gasteiger partial charge is 0.264 e. The number of benzene rings is 2. The molecule has 0 spiro atoms. The number of thiocarbonyl (C=S) groups is 1. The summed E-state index contributed by atoms with van der Waals surface area (Å²) in [5.41, 5.74) is 1.00. The van der Waals surface area contributed by atoms with Gasteiger partial charge in [-0.25, -0.2) is 0 Å². The quantitative estimate of drug-likeness (QED) is 0.665. The fraction of sp³-hybridized carbons (Fsp3) is 0.222. The molecule has 130 valence electrons. The topological polar surface area (TPSA) is 68.2 Å². The van der Waals surface area contributed by atoms with Gasteiger partial charge in [-0.2, -0.15) is 0 Å². The number of fused-ring (bicyclic) bond motifs is 1. The van der Waals surface area contributed by atoms with E-state index < -0.39 is 0 Å². The Balaban J connectivity index is 1.73. The van der Waals surface area contributed by atoms with Gasteiger partial charge in [0.2, 0.25) is 6.79 Å². The highest BCUT2D eigenvalue weighted by atomic mass is 32.1. The molecule has 2 aromatic rings. The van der Waals surface area contributed by atoms with E-state index in [1.54, 1.807) is 43.3 Å². The Hall–Kier alpha value is -2.80. The van der Waals surface area contributed by atoms with Crippen molar-refractivity contribution >= 4 is 23.2 Å². The van der Waals surface area contributed by atoms with Crippen molar-refractivity contribution < 1.29 is 24.1 Å². The van der Waals surface area contributed by atoms with Crippen LogP contribution in [0, 0.1) is 0 Å². The monoisotopic (exact) mass is 359 g/mol. The van der Waals surface area contributed by atoms with Crippen molar-refractivity contribution in [3.63, 3.8) is 0 Å². The number of ether oxygens (including phenoxy) is 3. The Morgan fingerprint density at radius 1 is 1.20 bits per heavy atom. The summed E-state index contributed by atoms with van der Waals surface area (Å²) in [4.78, 5) is 14.1. The minimum absolute atomic E-state index is 0.139. The molecule has 0 saturated carbocycles. The van der Waals surface area contributed by atoms with Gasteiger partial charge in [0.05, 0.1) is 5.56 Å². The number of carbonyl (C=O) groups is 1. The molecule has 0 aromatic heterocycles. The number of rotatable bonds is 4. The van der Waals surface area contributed by atoms with Crippen molar-refractivity contribution in [1.82, 2.24) is 4.90 Å². The van der Waals surface area contributed by atoms with E-state index in [4.69, 9.17) is 26.4 Å². The zero-order valence-electron chi connectivity index (χ0n) is 13.8. The Morgan fingerprint density at radius 3 is 2.68 bits per heavy atom. The van der Waals surface area contributed by atoms with E-state index in [1.807, 2.05) is 0 Å². The lowest BCUT2D eigenvalue weighted by atomic mass is 10.0. The largest absolute Gasteiger partial charge is 0.507 e. The molecule has 0 saturated heterocycles. The van der Waals surface area contributed by atoms with Crippen LogP contribution >= 0.6 is 12.2 Å². The zero-order chi connectivity index (χ0) is 18.0. The number of aromatic hydroxyl groups is 1. The Labute approximate surface area is 150 Å². The van der Waals surface area contributed by atoms with E-state index >= 15 is 0 Å². The lowest BCUT2D eigenvalue weighted by molar-refractivity contribution is 0.0990. The maximum atomic E-state index is 12.5. The SMILES string of the molecule is CN(C)C(=S)Oc1ccc(C(=O)Cc2ccc3c(c2)OCO3)c(O)c1. The molecule has 1 aliphatic heterocycles. The molecule has 0 aliphatic carbocycles. The predicted octanol–water partition coefficient (Wildman–Crippen LogP) is 2.77. The minimum Gasteiger partial charge on any atom is -0.507 e. The molecule has 0 bridgehead atoms. The third-order valence-corrected chi connectivity index (χ3v) is 4.09. The summed E-state index contributed by atoms with van der Waals surface area (Å²) in [5, 5.41) is 10.4. The lowest BCUT2D eigenvalue weighted by Gasteiger charge is -2.14. The van der Waals surface area contributed by atoms with Crippen LogP contribution in [0.3, 0.4) is 0 Å². The highest BCUT2D eigenvalue weighted by Gasteiger charge is 2.17. The Kier molecular flexibility index (Phi) is 4.76. The van der Waals surface area contributed by atoms with Gasteiger partial charge in [0, 0.05) is 26.6 Å². The molecule has 0 radical (unpaired) electrons. The summed E-state index contributed by atoms with van der Waals surface area (Å²) in [6.45, 7) is 0.184. The van der Waals surface area contributed by atoms with Crippen LogP contribution in [0.1, 0.15) is 15.9 Å². The number of hydrogen-bond donors (Lipinski definition) is 1. The van der Waals surface area contributed by atoms with Crippen molar-refractivity contribution in [1.29, 1.82) is 0 Å². The van der Waals surface area contributed by atoms with Gasteiger partial charge < -0.3 is 24.2 Å². The summed E-state index contributed by atoms with van der Waals surface area (Å²) in [6.07, 6.45) is 0.139. The third-order valence-electron chi connectivity index (χ3n) is 3.64. The molecule has 6 nitrogen and oxygen atoms in total. The van der Waals surface area contributed by atoms with Crippen molar-refractivity contribution in [2.24, 2.45) is 0 Å². The van der Waals surface area contributed by atoms with Gasteiger partial charge in [-0.05, 0) is 42.0 Å². The molecule has 1 N–H and O–H groups in total. The first-order valence-corrected chi connectivity index (χ1v) is 7.99. The zero-order valence-corrected chi connectivity index (χ0v) is 14.6. The second kappa shape index (κ2) is 6.98. The summed E-state index contributed by atoms with van der Waals surface area (Å²) in [7, 11) is 3.51. The number of phenolic OH excluding ortho intramolecular Hbond substituents is 1. The molecule has 7 heteroatoms. The number of hydrogen-bond acceptors (Lipinski definition) is 6. The van der Waals surface area contributed by atoms with Crippen LogP contribution in [-0.2, 0) is 6.42 Å². The molecule has 0 atom stereocenters. The van der Waals surface area contributed by atoms with Crippen LogP contribution < -0.4 is 14.2 Å². The predicted molar refractivity (Wildman–Crippen MR) is 95.6 cm³/mol. The summed E-state index contributed by atoms with van der Waals surface area (Å²) >= 11 is 5.05. The van der Waals surface area contributed by atoms with E-state index in [9.17, 15) is 9.90 Å². The molecule has 1 aliphatic rings. The van der Waals surface area contributed by atoms with Crippen LogP contribution in [0.15, 0.2) is 36.4 Å². The number of phenols is 1. The number of nitrogens with zero attached hydrogens (tertiary/aromatic N) is 1. The second-order valence-electron chi connectivity index (χ2n) is 5.73. The summed E-state index contributed by atoms with van der Waals surface area (Å²) in [5.74, 6) is 1.30. The Bertz CT molecular complexity index is 834. The fourth-order valence-electron chi connectivity index (χ4n) is 2.33. The standard InChI is InChI=1S/C18H17NO5S/c1-19(2)18(25)24-12-4-5-13(15(21)9-12)14(20)7-11-3-6-16-17(8-11)23-10-22-16/h3-6,8-9,21H,7,10H2,1-2H3. The van der Waals surface area contributed by atoms with Gasteiger partial charge >= 0.3 is 0 Å². The molecule has 0 unspecified atom stereocenters. The first-order valence-electron chi connectivity index (χ1n) is 7.58. The van der Waals surface area contributed by atoms with Gasteiger partial charge in [0.25, 0.3) is 5.17 Å². The van der Waals surface area contributed by atoms with Crippen LogP contribution in [0.4, 0.5) is 0 Å². The summed E-state index contributed by atoms with van der Waals surface area (Å²) < 4.78 is 16.0. The van der Waals surface area contributed by atoms with Gasteiger partial charge in [-0.1, -0.05) is 6.07 Å². The third kappa shape index (κ3) is 3.83. The molecular weight excluding hydrogens is 342 g/mol. The van der Waals surface area contributed by atoms with Crippen molar-refractivity contribution in [2.45, 2.75) is 6.42 Å². The molecule has 0 fully saturated rings. The fourth-order valence-corrected chi connectivity index (χ4v) is 2.43. The molecular formula is C18H17NO5S. The van der Waals surface area contributed by atoms with Gasteiger partial charge in [0.15, 0.2) is 17.3 Å². The highest BCUT2D eigenvalue weighted by Crippen LogP contribution is 2.33. The molecule has 1 heterocycles. The van der Waals surface area contributed by atoms with Gasteiger partial charge in [0.1, 0.15) is 11.5 Å². The van der Waals surface area contributed by atoms with E-state index in [0.29, 0.717) is 17.2 Å². The average Bonchev–Trinajstić information content (AvgIpc) is 3.02. The maximum absolute atomic E-state index is 12.5. The summed E-state index contributed by atoms with van der Waals surface area (Å²) in [6, 6.07) is 9.84. The van der Waals surface area contributed by atoms with E-state index in [2.05, 4.69) is 0 Å². The van der Waals surface area contributed by atoms with Crippen LogP contribution in [0.25, 0.3) is 0 Å². The van der Waals surface area contributed by atoms with E-state index in [-0.39, 0.29) is 35.5 Å². The second-order valence-corrected chi connectivity index (χ2v) is 6.08. The van der Waals surface area contributed by atoms with Crippen molar-refractivity contribution in [2.75, 3.05) is 20.9 Å². The number of ketones is 1. The number of Topliss-reactive ketones (excluding diaryl/α,β-unsaturated/α-hetero) is 1. The minimum atomic E-state index is -0.210. The van der Waals surface area contributed by atoms with E-state index in [1.165, 1.54) is 12.1 Å². The molecule has 0 amide bonds. The van der Waals surface area contributed by atoms with Gasteiger partial charge in [-0.3, -0.25) is 4.79 Å². The first-order chi connectivity index (χ1) is 11.9. The van der Waals surface area contributed by atoms with Crippen LogP contribution in [-0.4, -0.2) is 41.9 Å². The first kappa shape index (κ1) is 17.0. The average molecular weight is 359 g/mol. The van der Waals surface area contributed by atoms with E-state index in [0.717, 1.165) is 5.56 Å². The Morgan fingerprint density at radius 2 is 1.96 bits per heavy atom. The maximum Gasteiger partial charge on any atom is 0.264 e.